The normalized spacial score (nSPS) is 11.7. The van der Waals surface area contributed by atoms with Crippen LogP contribution in [-0.2, 0) is 0 Å². The maximum Gasteiger partial charge on any atom is 0.0446 e. The molecule has 1 heteroatoms. The van der Waals surface area contributed by atoms with E-state index < -0.39 is 0 Å². The Morgan fingerprint density at radius 2 is 0.615 bits per heavy atom. The molecular formula is C64H40S. The van der Waals surface area contributed by atoms with Crippen LogP contribution < -0.4 is 0 Å². The molecule has 65 heavy (non-hydrogen) atoms. The van der Waals surface area contributed by atoms with Crippen LogP contribution >= 0.6 is 11.3 Å². The van der Waals surface area contributed by atoms with Gasteiger partial charge in [0.2, 0.25) is 0 Å². The predicted octanol–water partition coefficient (Wildman–Crippen LogP) is 18.7. The largest absolute Gasteiger partial charge is 0.134 e. The van der Waals surface area contributed by atoms with E-state index in [4.69, 9.17) is 0 Å². The number of benzene rings is 12. The number of hydrogen-bond donors (Lipinski definition) is 0. The molecule has 0 amide bonds. The van der Waals surface area contributed by atoms with Crippen molar-refractivity contribution >= 4 is 75.3 Å². The van der Waals surface area contributed by atoms with Gasteiger partial charge in [-0.05, 0) is 122 Å². The summed E-state index contributed by atoms with van der Waals surface area (Å²) in [7, 11) is 0. The van der Waals surface area contributed by atoms with E-state index in [0.717, 1.165) is 0 Å². The Morgan fingerprint density at radius 3 is 1.18 bits per heavy atom. The van der Waals surface area contributed by atoms with Gasteiger partial charge in [0.05, 0.1) is 0 Å². The van der Waals surface area contributed by atoms with Crippen LogP contribution in [-0.4, -0.2) is 0 Å². The highest BCUT2D eigenvalue weighted by molar-refractivity contribution is 7.24. The minimum absolute atomic E-state index is 1.20. The molecule has 12 aromatic carbocycles. The van der Waals surface area contributed by atoms with Crippen LogP contribution in [0.5, 0.6) is 0 Å². The molecule has 0 nitrogen and oxygen atoms in total. The van der Waals surface area contributed by atoms with Crippen molar-refractivity contribution in [3.63, 3.8) is 0 Å². The zero-order valence-corrected chi connectivity index (χ0v) is 36.3. The lowest BCUT2D eigenvalue weighted by Gasteiger charge is -2.21. The summed E-state index contributed by atoms with van der Waals surface area (Å²) in [5.74, 6) is 0. The van der Waals surface area contributed by atoms with Gasteiger partial charge in [0, 0.05) is 26.1 Å². The Labute approximate surface area is 382 Å². The van der Waals surface area contributed by atoms with E-state index >= 15 is 0 Å². The Kier molecular flexibility index (Phi) is 8.82. The molecule has 0 saturated heterocycles. The van der Waals surface area contributed by atoms with Crippen molar-refractivity contribution in [2.45, 2.75) is 0 Å². The molecule has 0 fully saturated rings. The second-order valence-corrected chi connectivity index (χ2v) is 18.1. The summed E-state index contributed by atoms with van der Waals surface area (Å²) >= 11 is 1.92. The number of hydrogen-bond acceptors (Lipinski definition) is 1. The Morgan fingerprint density at radius 1 is 0.215 bits per heavy atom. The predicted molar refractivity (Wildman–Crippen MR) is 282 cm³/mol. The van der Waals surface area contributed by atoms with Crippen molar-refractivity contribution in [2.75, 3.05) is 0 Å². The van der Waals surface area contributed by atoms with Gasteiger partial charge >= 0.3 is 0 Å². The molecule has 13 aromatic rings. The lowest BCUT2D eigenvalue weighted by Crippen LogP contribution is -1.94. The fraction of sp³-hybridized carbons (Fsp3) is 0. The van der Waals surface area contributed by atoms with Crippen LogP contribution in [0.2, 0.25) is 0 Å². The first kappa shape index (κ1) is 37.5. The zero-order chi connectivity index (χ0) is 42.8. The average molecular weight is 841 g/mol. The van der Waals surface area contributed by atoms with Crippen LogP contribution in [0.4, 0.5) is 0 Å². The Hall–Kier alpha value is -8.10. The van der Waals surface area contributed by atoms with Crippen LogP contribution in [0.25, 0.3) is 130 Å². The molecule has 0 N–H and O–H groups in total. The van der Waals surface area contributed by atoms with Crippen LogP contribution in [0.1, 0.15) is 0 Å². The molecular weight excluding hydrogens is 801 g/mol. The second kappa shape index (κ2) is 15.3. The highest BCUT2D eigenvalue weighted by Crippen LogP contribution is 2.55. The van der Waals surface area contributed by atoms with E-state index in [9.17, 15) is 0 Å². The van der Waals surface area contributed by atoms with Crippen molar-refractivity contribution in [2.24, 2.45) is 0 Å². The first-order chi connectivity index (χ1) is 32.3. The summed E-state index contributed by atoms with van der Waals surface area (Å²) in [6, 6.07) is 89.9. The Bertz CT molecular complexity index is 3970. The van der Waals surface area contributed by atoms with E-state index in [0.29, 0.717) is 0 Å². The van der Waals surface area contributed by atoms with E-state index in [1.165, 1.54) is 130 Å². The molecule has 0 unspecified atom stereocenters. The smallest absolute Gasteiger partial charge is 0.0446 e. The van der Waals surface area contributed by atoms with Gasteiger partial charge in [-0.2, -0.15) is 0 Å². The molecule has 0 radical (unpaired) electrons. The fourth-order valence-corrected chi connectivity index (χ4v) is 11.9. The number of rotatable bonds is 6. The average Bonchev–Trinajstić information content (AvgIpc) is 3.79. The molecule has 302 valence electrons. The minimum Gasteiger partial charge on any atom is -0.134 e. The molecule has 0 atom stereocenters. The molecule has 0 aliphatic heterocycles. The minimum atomic E-state index is 1.20. The third-order valence-corrected chi connectivity index (χ3v) is 14.7. The number of thiophene rings is 1. The number of fused-ring (bicyclic) bond motifs is 7. The van der Waals surface area contributed by atoms with Crippen molar-refractivity contribution in [1.29, 1.82) is 0 Å². The van der Waals surface area contributed by atoms with Crippen molar-refractivity contribution < 1.29 is 0 Å². The van der Waals surface area contributed by atoms with Gasteiger partial charge in [0.15, 0.2) is 0 Å². The van der Waals surface area contributed by atoms with Crippen molar-refractivity contribution in [1.82, 2.24) is 0 Å². The quantitative estimate of drug-likeness (QED) is 0.146. The lowest BCUT2D eigenvalue weighted by atomic mass is 9.82. The maximum atomic E-state index is 2.51. The van der Waals surface area contributed by atoms with Gasteiger partial charge in [-0.25, -0.2) is 0 Å². The van der Waals surface area contributed by atoms with E-state index in [2.05, 4.69) is 243 Å². The summed E-state index contributed by atoms with van der Waals surface area (Å²) < 4.78 is 1.30. The van der Waals surface area contributed by atoms with Gasteiger partial charge in [0.25, 0.3) is 0 Å². The summed E-state index contributed by atoms with van der Waals surface area (Å²) in [4.78, 5) is 1.29. The first-order valence-corrected chi connectivity index (χ1v) is 23.2. The lowest BCUT2D eigenvalue weighted by molar-refractivity contribution is 1.64. The van der Waals surface area contributed by atoms with E-state index in [1.54, 1.807) is 0 Å². The molecule has 0 aliphatic rings. The second-order valence-electron chi connectivity index (χ2n) is 17.1. The molecule has 1 aromatic heterocycles. The summed E-state index contributed by atoms with van der Waals surface area (Å²) in [5.41, 5.74) is 13.7. The third kappa shape index (κ3) is 6.12. The molecule has 1 heterocycles. The highest BCUT2D eigenvalue weighted by atomic mass is 32.1. The maximum absolute atomic E-state index is 2.51. The fourth-order valence-electron chi connectivity index (χ4n) is 10.5. The van der Waals surface area contributed by atoms with Gasteiger partial charge in [0.1, 0.15) is 0 Å². The van der Waals surface area contributed by atoms with Gasteiger partial charge in [-0.1, -0.05) is 224 Å². The monoisotopic (exact) mass is 840 g/mol. The summed E-state index contributed by atoms with van der Waals surface area (Å²) in [5, 5.41) is 13.8. The van der Waals surface area contributed by atoms with E-state index in [1.807, 2.05) is 11.3 Å². The van der Waals surface area contributed by atoms with Crippen molar-refractivity contribution in [3.05, 3.63) is 243 Å². The van der Waals surface area contributed by atoms with Gasteiger partial charge < -0.3 is 0 Å². The molecule has 0 spiro atoms. The topological polar surface area (TPSA) is 0 Å². The third-order valence-electron chi connectivity index (χ3n) is 13.4. The highest BCUT2D eigenvalue weighted by Gasteiger charge is 2.26. The molecule has 0 bridgehead atoms. The van der Waals surface area contributed by atoms with Crippen molar-refractivity contribution in [3.8, 4) is 66.1 Å². The van der Waals surface area contributed by atoms with E-state index in [-0.39, 0.29) is 0 Å². The standard InChI is InChI=1S/C64H40S/c1-4-20-43(21-5-1)60-59(53-30-16-17-31-54(53)62-61(44-22-6-2-7-23-44)63(65-64(60)62)45-24-8-3-9-25-45)50-36-37-55-56(40-50)58(49-35-33-42-19-11-13-27-47(42)39-49)52-29-15-14-28-51(52)57(55)48-34-32-41-18-10-12-26-46(41)38-48/h1-40H. The van der Waals surface area contributed by atoms with Gasteiger partial charge in [-0.15, -0.1) is 11.3 Å². The molecule has 13 rings (SSSR count). The zero-order valence-electron chi connectivity index (χ0n) is 35.5. The summed E-state index contributed by atoms with van der Waals surface area (Å²) in [6.45, 7) is 0. The molecule has 0 aliphatic carbocycles. The first-order valence-electron chi connectivity index (χ1n) is 22.4. The SMILES string of the molecule is c1ccc(-c2sc3c(-c4ccccc4)c(-c4ccc5c(-c6ccc7ccccc7c6)c6ccccc6c(-c6ccc7ccccc7c6)c5c4)c4ccccc4c3c2-c2ccccc2)cc1. The van der Waals surface area contributed by atoms with Crippen LogP contribution in [0.15, 0.2) is 243 Å². The van der Waals surface area contributed by atoms with Gasteiger partial charge in [-0.3, -0.25) is 0 Å². The van der Waals surface area contributed by atoms with Crippen LogP contribution in [0, 0.1) is 0 Å². The molecule has 0 saturated carbocycles. The summed E-state index contributed by atoms with van der Waals surface area (Å²) in [6.07, 6.45) is 0. The Balaban J connectivity index is 1.19. The van der Waals surface area contributed by atoms with Crippen LogP contribution in [0.3, 0.4) is 0 Å².